The van der Waals surface area contributed by atoms with Gasteiger partial charge in [0.25, 0.3) is 0 Å². The second kappa shape index (κ2) is 5.93. The monoisotopic (exact) mass is 307 g/mol. The Labute approximate surface area is 128 Å². The highest BCUT2D eigenvalue weighted by Gasteiger charge is 2.24. The van der Waals surface area contributed by atoms with E-state index in [-0.39, 0.29) is 11.9 Å². The molecule has 3 rings (SSSR count). The zero-order valence-electron chi connectivity index (χ0n) is 11.9. The van der Waals surface area contributed by atoms with E-state index in [0.29, 0.717) is 25.5 Å². The van der Waals surface area contributed by atoms with Crippen molar-refractivity contribution >= 4 is 28.5 Å². The van der Waals surface area contributed by atoms with Gasteiger partial charge in [-0.05, 0) is 25.5 Å². The van der Waals surface area contributed by atoms with Gasteiger partial charge in [0.15, 0.2) is 0 Å². The highest BCUT2D eigenvalue weighted by molar-refractivity contribution is 6.16. The molecule has 1 aromatic carbocycles. The summed E-state index contributed by atoms with van der Waals surface area (Å²) >= 11 is 6.07. The molecule has 0 saturated carbocycles. The quantitative estimate of drug-likeness (QED) is 0.883. The van der Waals surface area contributed by atoms with E-state index in [1.807, 2.05) is 25.1 Å². The van der Waals surface area contributed by atoms with Crippen molar-refractivity contribution in [2.45, 2.75) is 31.7 Å². The third kappa shape index (κ3) is 2.58. The standard InChI is InChI=1S/C15H18ClN3O2/c1-2-21-12-5-3-4-11-15(12)18-13(8-16)19(11)10-6-7-14(20)17-9-10/h3-5,10H,2,6-9H2,1H3,(H,17,20). The van der Waals surface area contributed by atoms with Crippen LogP contribution in [0.4, 0.5) is 0 Å². The van der Waals surface area contributed by atoms with Crippen molar-refractivity contribution in [3.8, 4) is 5.75 Å². The van der Waals surface area contributed by atoms with Gasteiger partial charge in [0.1, 0.15) is 17.1 Å². The number of aromatic nitrogens is 2. The molecule has 0 spiro atoms. The van der Waals surface area contributed by atoms with Crippen LogP contribution in [0.15, 0.2) is 18.2 Å². The molecule has 1 aliphatic heterocycles. The van der Waals surface area contributed by atoms with Crippen LogP contribution in [0.1, 0.15) is 31.6 Å². The third-order valence-electron chi connectivity index (χ3n) is 3.78. The molecule has 1 fully saturated rings. The molecule has 1 N–H and O–H groups in total. The minimum absolute atomic E-state index is 0.109. The number of nitrogens with one attached hydrogen (secondary N) is 1. The van der Waals surface area contributed by atoms with Gasteiger partial charge in [-0.1, -0.05) is 6.07 Å². The fraction of sp³-hybridized carbons (Fsp3) is 0.467. The molecule has 5 nitrogen and oxygen atoms in total. The summed E-state index contributed by atoms with van der Waals surface area (Å²) in [4.78, 5) is 16.0. The molecule has 1 amide bonds. The van der Waals surface area contributed by atoms with Gasteiger partial charge in [0.2, 0.25) is 5.91 Å². The van der Waals surface area contributed by atoms with Crippen molar-refractivity contribution in [3.63, 3.8) is 0 Å². The number of ether oxygens (including phenoxy) is 1. The molecule has 1 atom stereocenters. The summed E-state index contributed by atoms with van der Waals surface area (Å²) < 4.78 is 7.79. The van der Waals surface area contributed by atoms with Gasteiger partial charge in [-0.3, -0.25) is 4.79 Å². The Morgan fingerprint density at radius 3 is 3.05 bits per heavy atom. The molecule has 1 saturated heterocycles. The molecular weight excluding hydrogens is 290 g/mol. The number of alkyl halides is 1. The largest absolute Gasteiger partial charge is 0.492 e. The summed E-state index contributed by atoms with van der Waals surface area (Å²) in [6, 6.07) is 6.10. The number of benzene rings is 1. The van der Waals surface area contributed by atoms with Crippen molar-refractivity contribution < 1.29 is 9.53 Å². The van der Waals surface area contributed by atoms with E-state index in [9.17, 15) is 4.79 Å². The fourth-order valence-corrected chi connectivity index (χ4v) is 3.04. The van der Waals surface area contributed by atoms with Crippen molar-refractivity contribution in [1.29, 1.82) is 0 Å². The first-order valence-electron chi connectivity index (χ1n) is 7.20. The number of amides is 1. The SMILES string of the molecule is CCOc1cccc2c1nc(CCl)n2C1CCC(=O)NC1. The lowest BCUT2D eigenvalue weighted by atomic mass is 10.1. The average molecular weight is 308 g/mol. The number of rotatable bonds is 4. The van der Waals surface area contributed by atoms with Gasteiger partial charge in [0, 0.05) is 13.0 Å². The van der Waals surface area contributed by atoms with E-state index < -0.39 is 0 Å². The predicted molar refractivity (Wildman–Crippen MR) is 81.7 cm³/mol. The molecular formula is C15H18ClN3O2. The summed E-state index contributed by atoms with van der Waals surface area (Å²) in [5.41, 5.74) is 1.85. The van der Waals surface area contributed by atoms with Crippen LogP contribution in [0.3, 0.4) is 0 Å². The van der Waals surface area contributed by atoms with Crippen LogP contribution in [-0.2, 0) is 10.7 Å². The molecule has 6 heteroatoms. The van der Waals surface area contributed by atoms with Crippen molar-refractivity contribution in [1.82, 2.24) is 14.9 Å². The van der Waals surface area contributed by atoms with Crippen LogP contribution in [0, 0.1) is 0 Å². The number of halogens is 1. The number of imidazole rings is 1. The van der Waals surface area contributed by atoms with E-state index in [0.717, 1.165) is 29.0 Å². The van der Waals surface area contributed by atoms with Gasteiger partial charge in [0.05, 0.1) is 24.0 Å². The number of hydrogen-bond acceptors (Lipinski definition) is 3. The topological polar surface area (TPSA) is 56.2 Å². The molecule has 2 heterocycles. The maximum atomic E-state index is 11.4. The summed E-state index contributed by atoms with van der Waals surface area (Å²) in [6.45, 7) is 3.17. The van der Waals surface area contributed by atoms with Gasteiger partial charge in [-0.15, -0.1) is 11.6 Å². The smallest absolute Gasteiger partial charge is 0.220 e. The predicted octanol–water partition coefficient (Wildman–Crippen LogP) is 2.62. The van der Waals surface area contributed by atoms with Crippen molar-refractivity contribution in [3.05, 3.63) is 24.0 Å². The van der Waals surface area contributed by atoms with Crippen LogP contribution in [-0.4, -0.2) is 28.6 Å². The van der Waals surface area contributed by atoms with E-state index in [4.69, 9.17) is 16.3 Å². The number of hydrogen-bond donors (Lipinski definition) is 1. The maximum absolute atomic E-state index is 11.4. The molecule has 0 bridgehead atoms. The molecule has 21 heavy (non-hydrogen) atoms. The molecule has 0 radical (unpaired) electrons. The number of para-hydroxylation sites is 1. The highest BCUT2D eigenvalue weighted by Crippen LogP contribution is 2.31. The zero-order valence-corrected chi connectivity index (χ0v) is 12.7. The van der Waals surface area contributed by atoms with E-state index >= 15 is 0 Å². The Bertz CT molecular complexity index is 658. The van der Waals surface area contributed by atoms with Crippen LogP contribution in [0.2, 0.25) is 0 Å². The fourth-order valence-electron chi connectivity index (χ4n) is 2.85. The molecule has 112 valence electrons. The average Bonchev–Trinajstić information content (AvgIpc) is 2.88. The number of carbonyl (C=O) groups is 1. The third-order valence-corrected chi connectivity index (χ3v) is 4.02. The van der Waals surface area contributed by atoms with E-state index in [1.54, 1.807) is 0 Å². The Kier molecular flexibility index (Phi) is 4.01. The van der Waals surface area contributed by atoms with Crippen LogP contribution >= 0.6 is 11.6 Å². The lowest BCUT2D eigenvalue weighted by molar-refractivity contribution is -0.122. The summed E-state index contributed by atoms with van der Waals surface area (Å²) in [5, 5.41) is 2.91. The zero-order chi connectivity index (χ0) is 14.8. The summed E-state index contributed by atoms with van der Waals surface area (Å²) in [6.07, 6.45) is 1.34. The number of carbonyl (C=O) groups excluding carboxylic acids is 1. The van der Waals surface area contributed by atoms with E-state index in [2.05, 4.69) is 14.9 Å². The summed E-state index contributed by atoms with van der Waals surface area (Å²) in [7, 11) is 0. The Morgan fingerprint density at radius 2 is 2.38 bits per heavy atom. The first-order chi connectivity index (χ1) is 10.2. The first kappa shape index (κ1) is 14.2. The van der Waals surface area contributed by atoms with Gasteiger partial charge in [-0.25, -0.2) is 4.98 Å². The van der Waals surface area contributed by atoms with Crippen molar-refractivity contribution in [2.24, 2.45) is 0 Å². The Morgan fingerprint density at radius 1 is 1.52 bits per heavy atom. The number of fused-ring (bicyclic) bond motifs is 1. The van der Waals surface area contributed by atoms with Gasteiger partial charge >= 0.3 is 0 Å². The van der Waals surface area contributed by atoms with Gasteiger partial charge < -0.3 is 14.6 Å². The Hall–Kier alpha value is -1.75. The molecule has 1 aliphatic rings. The molecule has 2 aromatic rings. The maximum Gasteiger partial charge on any atom is 0.220 e. The van der Waals surface area contributed by atoms with Crippen LogP contribution in [0.25, 0.3) is 11.0 Å². The number of nitrogens with zero attached hydrogens (tertiary/aromatic N) is 2. The minimum atomic E-state index is 0.109. The number of piperidine rings is 1. The second-order valence-electron chi connectivity index (χ2n) is 5.09. The van der Waals surface area contributed by atoms with Crippen LogP contribution in [0.5, 0.6) is 5.75 Å². The molecule has 0 aliphatic carbocycles. The first-order valence-corrected chi connectivity index (χ1v) is 7.73. The second-order valence-corrected chi connectivity index (χ2v) is 5.35. The lowest BCUT2D eigenvalue weighted by Gasteiger charge is -2.25. The Balaban J connectivity index is 2.08. The normalized spacial score (nSPS) is 18.8. The molecule has 1 unspecified atom stereocenters. The van der Waals surface area contributed by atoms with Crippen LogP contribution < -0.4 is 10.1 Å². The minimum Gasteiger partial charge on any atom is -0.492 e. The highest BCUT2D eigenvalue weighted by atomic mass is 35.5. The molecule has 1 aromatic heterocycles. The van der Waals surface area contributed by atoms with Crippen molar-refractivity contribution in [2.75, 3.05) is 13.2 Å². The van der Waals surface area contributed by atoms with Gasteiger partial charge in [-0.2, -0.15) is 0 Å². The van der Waals surface area contributed by atoms with E-state index in [1.165, 1.54) is 0 Å². The summed E-state index contributed by atoms with van der Waals surface area (Å²) in [5.74, 6) is 2.04. The lowest BCUT2D eigenvalue weighted by Crippen LogP contribution is -2.36.